The summed E-state index contributed by atoms with van der Waals surface area (Å²) in [5.74, 6) is -0.313. The zero-order chi connectivity index (χ0) is 18.5. The van der Waals surface area contributed by atoms with Crippen LogP contribution in [0.2, 0.25) is 0 Å². The molecule has 1 aliphatic heterocycles. The van der Waals surface area contributed by atoms with Gasteiger partial charge in [-0.3, -0.25) is 15.0 Å². The van der Waals surface area contributed by atoms with Crippen molar-refractivity contribution in [3.63, 3.8) is 0 Å². The fourth-order valence-electron chi connectivity index (χ4n) is 2.80. The first kappa shape index (κ1) is 17.9. The lowest BCUT2D eigenvalue weighted by Gasteiger charge is -2.32. The molecule has 1 heterocycles. The van der Waals surface area contributed by atoms with Gasteiger partial charge in [0.1, 0.15) is 12.4 Å². The number of rotatable bonds is 4. The van der Waals surface area contributed by atoms with Crippen molar-refractivity contribution in [3.8, 4) is 0 Å². The summed E-state index contributed by atoms with van der Waals surface area (Å²) >= 11 is 0. The summed E-state index contributed by atoms with van der Waals surface area (Å²) in [6.45, 7) is 0.985. The summed E-state index contributed by atoms with van der Waals surface area (Å²) in [7, 11) is 1.91. The van der Waals surface area contributed by atoms with Crippen molar-refractivity contribution in [1.29, 1.82) is 0 Å². The zero-order valence-corrected chi connectivity index (χ0v) is 14.4. The summed E-state index contributed by atoms with van der Waals surface area (Å²) in [6, 6.07) is 13.3. The second-order valence-electron chi connectivity index (χ2n) is 6.18. The highest BCUT2D eigenvalue weighted by atomic mass is 19.1. The monoisotopic (exact) mass is 357 g/mol. The van der Waals surface area contributed by atoms with Gasteiger partial charge in [-0.05, 0) is 42.4 Å². The maximum Gasteiger partial charge on any atom is 0.411 e. The highest BCUT2D eigenvalue weighted by molar-refractivity contribution is 5.84. The van der Waals surface area contributed by atoms with E-state index in [1.54, 1.807) is 24.3 Å². The number of carbonyl (C=O) groups is 2. The molecule has 0 aromatic heterocycles. The highest BCUT2D eigenvalue weighted by Gasteiger charge is 2.24. The van der Waals surface area contributed by atoms with Crippen molar-refractivity contribution in [3.05, 3.63) is 65.5 Å². The summed E-state index contributed by atoms with van der Waals surface area (Å²) in [5.41, 5.74) is 2.37. The number of nitrogens with one attached hydrogen (secondary N) is 2. The van der Waals surface area contributed by atoms with Gasteiger partial charge in [0.05, 0.1) is 12.6 Å². The summed E-state index contributed by atoms with van der Waals surface area (Å²) < 4.78 is 18.0. The van der Waals surface area contributed by atoms with Gasteiger partial charge in [0, 0.05) is 12.2 Å². The summed E-state index contributed by atoms with van der Waals surface area (Å²) in [5, 5.41) is 5.50. The van der Waals surface area contributed by atoms with Crippen LogP contribution in [-0.2, 0) is 16.1 Å². The Bertz CT molecular complexity index is 778. The Morgan fingerprint density at radius 3 is 2.58 bits per heavy atom. The second-order valence-corrected chi connectivity index (χ2v) is 6.18. The van der Waals surface area contributed by atoms with Crippen LogP contribution >= 0.6 is 0 Å². The first-order valence-electron chi connectivity index (χ1n) is 8.26. The standard InChI is InChI=1S/C19H20FN3O3/c1-23-11-18(24)21-10-17(23)14-4-8-16(9-5-14)22-19(25)26-12-13-2-6-15(20)7-3-13/h2-9,17H,10-12H2,1H3,(H,21,24)(H,22,25). The lowest BCUT2D eigenvalue weighted by atomic mass is 10.0. The van der Waals surface area contributed by atoms with E-state index in [1.165, 1.54) is 12.1 Å². The molecule has 136 valence electrons. The Hall–Kier alpha value is -2.93. The van der Waals surface area contributed by atoms with Crippen LogP contribution in [0.15, 0.2) is 48.5 Å². The average molecular weight is 357 g/mol. The number of carbonyl (C=O) groups excluding carboxylic acids is 2. The molecule has 2 aromatic carbocycles. The fourth-order valence-corrected chi connectivity index (χ4v) is 2.80. The number of benzene rings is 2. The minimum atomic E-state index is -0.580. The van der Waals surface area contributed by atoms with Crippen molar-refractivity contribution in [2.45, 2.75) is 12.6 Å². The number of ether oxygens (including phenoxy) is 1. The number of hydrogen-bond donors (Lipinski definition) is 2. The van der Waals surface area contributed by atoms with E-state index < -0.39 is 6.09 Å². The molecule has 1 fully saturated rings. The molecular formula is C19H20FN3O3. The quantitative estimate of drug-likeness (QED) is 0.883. The predicted molar refractivity (Wildman–Crippen MR) is 95.0 cm³/mol. The van der Waals surface area contributed by atoms with E-state index in [0.29, 0.717) is 24.3 Å². The number of hydrogen-bond acceptors (Lipinski definition) is 4. The maximum absolute atomic E-state index is 12.8. The van der Waals surface area contributed by atoms with Crippen LogP contribution in [0.4, 0.5) is 14.9 Å². The summed E-state index contributed by atoms with van der Waals surface area (Å²) in [4.78, 5) is 25.2. The smallest absolute Gasteiger partial charge is 0.411 e. The number of likely N-dealkylation sites (N-methyl/N-ethyl adjacent to an activating group) is 1. The molecule has 0 spiro atoms. The molecule has 1 saturated heterocycles. The first-order valence-corrected chi connectivity index (χ1v) is 8.26. The largest absolute Gasteiger partial charge is 0.444 e. The van der Waals surface area contributed by atoms with E-state index in [-0.39, 0.29) is 24.4 Å². The van der Waals surface area contributed by atoms with Crippen molar-refractivity contribution in [2.24, 2.45) is 0 Å². The van der Waals surface area contributed by atoms with Crippen LogP contribution < -0.4 is 10.6 Å². The molecule has 1 atom stereocenters. The molecule has 2 N–H and O–H groups in total. The van der Waals surface area contributed by atoms with Crippen LogP contribution in [0.25, 0.3) is 0 Å². The molecule has 2 aromatic rings. The lowest BCUT2D eigenvalue weighted by molar-refractivity contribution is -0.125. The molecule has 0 saturated carbocycles. The second kappa shape index (κ2) is 7.97. The van der Waals surface area contributed by atoms with Crippen LogP contribution in [0.1, 0.15) is 17.2 Å². The molecule has 7 heteroatoms. The van der Waals surface area contributed by atoms with Crippen LogP contribution in [0.3, 0.4) is 0 Å². The Labute approximate surface area is 150 Å². The van der Waals surface area contributed by atoms with Crippen LogP contribution in [0, 0.1) is 5.82 Å². The van der Waals surface area contributed by atoms with Crippen molar-refractivity contribution >= 4 is 17.7 Å². The molecule has 1 aliphatic rings. The maximum atomic E-state index is 12.8. The number of anilines is 1. The Balaban J connectivity index is 1.52. The Morgan fingerprint density at radius 2 is 1.92 bits per heavy atom. The minimum Gasteiger partial charge on any atom is -0.444 e. The van der Waals surface area contributed by atoms with E-state index in [1.807, 2.05) is 24.1 Å². The van der Waals surface area contributed by atoms with Crippen molar-refractivity contribution < 1.29 is 18.7 Å². The van der Waals surface area contributed by atoms with E-state index in [4.69, 9.17) is 4.74 Å². The predicted octanol–water partition coefficient (Wildman–Crippen LogP) is 2.68. The number of halogens is 1. The van der Waals surface area contributed by atoms with E-state index in [0.717, 1.165) is 5.56 Å². The van der Waals surface area contributed by atoms with Crippen LogP contribution in [0.5, 0.6) is 0 Å². The van der Waals surface area contributed by atoms with Gasteiger partial charge in [-0.1, -0.05) is 24.3 Å². The van der Waals surface area contributed by atoms with Gasteiger partial charge >= 0.3 is 6.09 Å². The number of nitrogens with zero attached hydrogens (tertiary/aromatic N) is 1. The lowest BCUT2D eigenvalue weighted by Crippen LogP contribution is -2.47. The van der Waals surface area contributed by atoms with Gasteiger partial charge in [-0.2, -0.15) is 0 Å². The number of amides is 2. The van der Waals surface area contributed by atoms with Crippen LogP contribution in [-0.4, -0.2) is 37.0 Å². The third-order valence-electron chi connectivity index (χ3n) is 4.24. The third kappa shape index (κ3) is 4.58. The van der Waals surface area contributed by atoms with Crippen molar-refractivity contribution in [2.75, 3.05) is 25.5 Å². The van der Waals surface area contributed by atoms with Crippen molar-refractivity contribution in [1.82, 2.24) is 10.2 Å². The minimum absolute atomic E-state index is 0.0194. The average Bonchev–Trinajstić information content (AvgIpc) is 2.62. The van der Waals surface area contributed by atoms with E-state index in [9.17, 15) is 14.0 Å². The topological polar surface area (TPSA) is 70.7 Å². The normalized spacial score (nSPS) is 17.5. The molecule has 2 amide bonds. The van der Waals surface area contributed by atoms with Gasteiger partial charge in [0.25, 0.3) is 0 Å². The molecule has 0 aliphatic carbocycles. The molecule has 6 nitrogen and oxygen atoms in total. The fraction of sp³-hybridized carbons (Fsp3) is 0.263. The molecular weight excluding hydrogens is 337 g/mol. The van der Waals surface area contributed by atoms with E-state index >= 15 is 0 Å². The van der Waals surface area contributed by atoms with E-state index in [2.05, 4.69) is 10.6 Å². The Kier molecular flexibility index (Phi) is 5.48. The van der Waals surface area contributed by atoms with Gasteiger partial charge < -0.3 is 10.1 Å². The first-order chi connectivity index (χ1) is 12.5. The molecule has 3 rings (SSSR count). The van der Waals surface area contributed by atoms with Gasteiger partial charge in [-0.15, -0.1) is 0 Å². The Morgan fingerprint density at radius 1 is 1.23 bits per heavy atom. The highest BCUT2D eigenvalue weighted by Crippen LogP contribution is 2.22. The number of piperazine rings is 1. The molecule has 26 heavy (non-hydrogen) atoms. The molecule has 0 bridgehead atoms. The molecule has 1 unspecified atom stereocenters. The SMILES string of the molecule is CN1CC(=O)NCC1c1ccc(NC(=O)OCc2ccc(F)cc2)cc1. The van der Waals surface area contributed by atoms with Gasteiger partial charge in [-0.25, -0.2) is 9.18 Å². The van der Waals surface area contributed by atoms with Gasteiger partial charge in [0.2, 0.25) is 5.91 Å². The summed E-state index contributed by atoms with van der Waals surface area (Å²) in [6.07, 6.45) is -0.580. The van der Waals surface area contributed by atoms with Gasteiger partial charge in [0.15, 0.2) is 0 Å². The molecule has 0 radical (unpaired) electrons. The zero-order valence-electron chi connectivity index (χ0n) is 14.4. The third-order valence-corrected chi connectivity index (χ3v) is 4.24.